The van der Waals surface area contributed by atoms with E-state index in [-0.39, 0.29) is 45.8 Å². The van der Waals surface area contributed by atoms with Gasteiger partial charge in [-0.3, -0.25) is 4.39 Å². The van der Waals surface area contributed by atoms with Crippen LogP contribution in [0.4, 0.5) is 8.78 Å². The van der Waals surface area contributed by atoms with Gasteiger partial charge in [-0.1, -0.05) is 13.3 Å². The number of ether oxygens (including phenoxy) is 1. The summed E-state index contributed by atoms with van der Waals surface area (Å²) in [6.07, 6.45) is 1.79. The van der Waals surface area contributed by atoms with Crippen LogP contribution in [-0.4, -0.2) is 29.7 Å². The summed E-state index contributed by atoms with van der Waals surface area (Å²) in [5, 5.41) is 0. The van der Waals surface area contributed by atoms with Crippen molar-refractivity contribution in [1.82, 2.24) is 0 Å². The van der Waals surface area contributed by atoms with Gasteiger partial charge in [-0.15, -0.1) is 12.1 Å². The van der Waals surface area contributed by atoms with Crippen LogP contribution < -0.4 is 21.7 Å². The first-order valence-electron chi connectivity index (χ1n) is 4.23. The van der Waals surface area contributed by atoms with Gasteiger partial charge in [-0.2, -0.15) is 6.07 Å². The second kappa shape index (κ2) is 9.36. The van der Waals surface area contributed by atoms with Crippen molar-refractivity contribution in [3.05, 3.63) is 29.8 Å². The molecule has 0 unspecified atom stereocenters. The van der Waals surface area contributed by atoms with Crippen molar-refractivity contribution in [2.45, 2.75) is 19.8 Å². The third-order valence-corrected chi connectivity index (χ3v) is 1.61. The van der Waals surface area contributed by atoms with Crippen LogP contribution in [0, 0.1) is 17.7 Å². The van der Waals surface area contributed by atoms with Gasteiger partial charge in [0.2, 0.25) is 0 Å². The Morgan fingerprint density at radius 3 is 2.60 bits per heavy atom. The van der Waals surface area contributed by atoms with Crippen LogP contribution in [0.3, 0.4) is 0 Å². The molecule has 0 atom stereocenters. The van der Waals surface area contributed by atoms with E-state index in [1.54, 1.807) is 0 Å². The molecule has 0 fully saturated rings. The van der Waals surface area contributed by atoms with Gasteiger partial charge in [-0.05, 0) is 6.42 Å². The molecule has 5 heteroatoms. The Hall–Kier alpha value is 0.126. The fraction of sp³-hybridized carbons (Fsp3) is 0.400. The van der Waals surface area contributed by atoms with Crippen molar-refractivity contribution in [2.75, 3.05) is 6.61 Å². The summed E-state index contributed by atoms with van der Waals surface area (Å²) in [5.41, 5.74) is 0. The Bertz CT molecular complexity index is 284. The number of hydrogen-bond acceptors (Lipinski definition) is 1. The molecule has 0 heterocycles. The van der Waals surface area contributed by atoms with Gasteiger partial charge in [0, 0.05) is 11.6 Å². The molecule has 0 aliphatic carbocycles. The summed E-state index contributed by atoms with van der Waals surface area (Å²) in [6, 6.07) is 4.70. The monoisotopic (exact) mass is 288 g/mol. The first-order valence-corrected chi connectivity index (χ1v) is 4.23. The zero-order valence-corrected chi connectivity index (χ0v) is 11.5. The average Bonchev–Trinajstić information content (AvgIpc) is 2.13. The maximum Gasteiger partial charge on any atom is 2.00 e. The molecule has 1 aromatic carbocycles. The Morgan fingerprint density at radius 2 is 2.00 bits per heavy atom. The summed E-state index contributed by atoms with van der Waals surface area (Å²) in [6.45, 7) is 2.40. The van der Waals surface area contributed by atoms with Gasteiger partial charge in [0.05, 0.1) is 12.4 Å². The van der Waals surface area contributed by atoms with Crippen LogP contribution in [0.2, 0.25) is 0 Å². The summed E-state index contributed by atoms with van der Waals surface area (Å²) in [5.74, 6) is -1.92. The van der Waals surface area contributed by atoms with E-state index in [4.69, 9.17) is 4.74 Å². The van der Waals surface area contributed by atoms with Crippen LogP contribution >= 0.6 is 0 Å². The van der Waals surface area contributed by atoms with Crippen molar-refractivity contribution in [3.8, 4) is 5.75 Å². The molecule has 0 radical (unpaired) electrons. The first-order chi connectivity index (χ1) is 6.25. The van der Waals surface area contributed by atoms with Gasteiger partial charge >= 0.3 is 23.1 Å². The Kier molecular flexibility index (Phi) is 10.9. The second-order valence-corrected chi connectivity index (χ2v) is 2.68. The van der Waals surface area contributed by atoms with E-state index in [2.05, 4.69) is 6.07 Å². The van der Waals surface area contributed by atoms with E-state index in [0.29, 0.717) is 6.61 Å². The van der Waals surface area contributed by atoms with E-state index in [0.717, 1.165) is 18.9 Å². The third-order valence-electron chi connectivity index (χ3n) is 1.61. The fourth-order valence-corrected chi connectivity index (χ4v) is 0.866. The average molecular weight is 289 g/mol. The molecule has 0 spiro atoms. The van der Waals surface area contributed by atoms with Gasteiger partial charge < -0.3 is 21.7 Å². The predicted octanol–water partition coefficient (Wildman–Crippen LogP) is -0.433. The predicted molar refractivity (Wildman–Crippen MR) is 51.4 cm³/mol. The molecule has 0 amide bonds. The fourth-order valence-electron chi connectivity index (χ4n) is 0.866. The van der Waals surface area contributed by atoms with E-state index < -0.39 is 11.6 Å². The molecule has 0 saturated carbocycles. The van der Waals surface area contributed by atoms with Crippen LogP contribution in [0.15, 0.2) is 12.1 Å². The van der Waals surface area contributed by atoms with E-state index in [1.165, 1.54) is 6.07 Å². The summed E-state index contributed by atoms with van der Waals surface area (Å²) in [7, 11) is 0. The minimum Gasteiger partial charge on any atom is -1.00 e. The van der Waals surface area contributed by atoms with Gasteiger partial charge in [0.15, 0.2) is 0 Å². The topological polar surface area (TPSA) is 9.23 Å². The molecule has 0 bridgehead atoms. The molecular weight excluding hydrogens is 278 g/mol. The first kappa shape index (κ1) is 17.5. The van der Waals surface area contributed by atoms with Gasteiger partial charge in [0.25, 0.3) is 0 Å². The summed E-state index contributed by atoms with van der Waals surface area (Å²) < 4.78 is 30.5. The number of halogens is 3. The maximum absolute atomic E-state index is 12.9. The molecule has 1 aromatic rings. The van der Waals surface area contributed by atoms with Crippen molar-refractivity contribution < 1.29 is 30.5 Å². The van der Waals surface area contributed by atoms with E-state index in [9.17, 15) is 8.78 Å². The normalized spacial score (nSPS) is 8.73. The van der Waals surface area contributed by atoms with Crippen LogP contribution in [-0.2, 0) is 0 Å². The number of unbranched alkanes of at least 4 members (excludes halogenated alkanes) is 1. The molecule has 0 N–H and O–H groups in total. The second-order valence-electron chi connectivity index (χ2n) is 2.68. The quantitative estimate of drug-likeness (QED) is 0.415. The Balaban J connectivity index is 0. The summed E-state index contributed by atoms with van der Waals surface area (Å²) in [4.78, 5) is 0. The third kappa shape index (κ3) is 5.68. The molecule has 0 aliphatic rings. The minimum absolute atomic E-state index is 0. The Morgan fingerprint density at radius 1 is 1.33 bits per heavy atom. The molecule has 0 aromatic heterocycles. The van der Waals surface area contributed by atoms with Crippen LogP contribution in [0.25, 0.3) is 0 Å². The van der Waals surface area contributed by atoms with Crippen molar-refractivity contribution in [2.24, 2.45) is 0 Å². The summed E-state index contributed by atoms with van der Waals surface area (Å²) >= 11 is 0. The largest absolute Gasteiger partial charge is 2.00 e. The van der Waals surface area contributed by atoms with Gasteiger partial charge in [0.1, 0.15) is 0 Å². The molecule has 0 aliphatic heterocycles. The molecule has 80 valence electrons. The molecule has 0 saturated heterocycles. The van der Waals surface area contributed by atoms with Gasteiger partial charge in [-0.25, -0.2) is 4.39 Å². The number of hydrogen-bond donors (Lipinski definition) is 0. The number of rotatable bonds is 4. The Labute approximate surface area is 115 Å². The molecule has 15 heavy (non-hydrogen) atoms. The minimum atomic E-state index is -0.935. The van der Waals surface area contributed by atoms with Crippen molar-refractivity contribution in [1.29, 1.82) is 0 Å². The van der Waals surface area contributed by atoms with Crippen LogP contribution in [0.1, 0.15) is 19.8 Å². The maximum atomic E-state index is 12.9. The van der Waals surface area contributed by atoms with Crippen LogP contribution in [0.5, 0.6) is 5.75 Å². The molecule has 1 rings (SSSR count). The SMILES string of the molecule is CCCCOc1c[c-]cc(F)c1F.[Br-].[Mg+2]. The van der Waals surface area contributed by atoms with E-state index in [1.807, 2.05) is 6.92 Å². The van der Waals surface area contributed by atoms with E-state index >= 15 is 0 Å². The molecule has 1 nitrogen and oxygen atoms in total. The molecular formula is C10H11BrF2MgO. The smallest absolute Gasteiger partial charge is 1.00 e. The number of benzene rings is 1. The van der Waals surface area contributed by atoms with Crippen molar-refractivity contribution in [3.63, 3.8) is 0 Å². The zero-order chi connectivity index (χ0) is 9.68. The zero-order valence-electron chi connectivity index (χ0n) is 8.53. The standard InChI is InChI=1S/C10H11F2O.BrH.Mg/c1-2-3-7-13-9-6-4-5-8(11)10(9)12;;/h5-6H,2-3,7H2,1H3;1H;/q-1;;+2/p-1. The van der Waals surface area contributed by atoms with Crippen molar-refractivity contribution >= 4 is 23.1 Å².